The fourth-order valence-corrected chi connectivity index (χ4v) is 1.70. The first-order valence-electron chi connectivity index (χ1n) is 6.22. The van der Waals surface area contributed by atoms with Gasteiger partial charge in [-0.2, -0.15) is 5.10 Å². The van der Waals surface area contributed by atoms with Gasteiger partial charge in [0.2, 0.25) is 0 Å². The van der Waals surface area contributed by atoms with Crippen molar-refractivity contribution in [1.82, 2.24) is 5.43 Å². The predicted octanol–water partition coefficient (Wildman–Crippen LogP) is 2.75. The van der Waals surface area contributed by atoms with Crippen molar-refractivity contribution in [2.24, 2.45) is 5.10 Å². The summed E-state index contributed by atoms with van der Waals surface area (Å²) < 4.78 is 0. The minimum atomic E-state index is -0.546. The number of carbonyl (C=O) groups excluding carboxylic acids is 1. The minimum absolute atomic E-state index is 0.133. The van der Waals surface area contributed by atoms with Gasteiger partial charge in [0.05, 0.1) is 10.6 Å². The van der Waals surface area contributed by atoms with E-state index in [0.717, 1.165) is 5.56 Å². The van der Waals surface area contributed by atoms with Crippen LogP contribution in [0.4, 0.5) is 5.69 Å². The molecule has 0 aliphatic rings. The number of non-ortho nitro benzene ring substituents is 1. The van der Waals surface area contributed by atoms with Crippen LogP contribution in [-0.4, -0.2) is 16.5 Å². The first kappa shape index (κ1) is 14.4. The molecule has 0 spiro atoms. The smallest absolute Gasteiger partial charge is 0.267 e. The SMILES string of the molecule is C/C(=N\NC(=O)c1cccc([N+](=O)[O-])c1)c1ccccc1. The number of hydrazone groups is 1. The number of benzene rings is 2. The third-order valence-electron chi connectivity index (χ3n) is 2.84. The molecule has 1 amide bonds. The van der Waals surface area contributed by atoms with Crippen molar-refractivity contribution in [2.75, 3.05) is 0 Å². The predicted molar refractivity (Wildman–Crippen MR) is 79.2 cm³/mol. The summed E-state index contributed by atoms with van der Waals surface area (Å²) in [7, 11) is 0. The first-order valence-corrected chi connectivity index (χ1v) is 6.22. The molecular weight excluding hydrogens is 270 g/mol. The molecule has 0 saturated carbocycles. The van der Waals surface area contributed by atoms with Crippen molar-refractivity contribution in [3.05, 3.63) is 75.8 Å². The summed E-state index contributed by atoms with van der Waals surface area (Å²) in [5, 5.41) is 14.7. The molecule has 21 heavy (non-hydrogen) atoms. The maximum Gasteiger partial charge on any atom is 0.271 e. The van der Waals surface area contributed by atoms with E-state index in [2.05, 4.69) is 10.5 Å². The number of hydrogen-bond acceptors (Lipinski definition) is 4. The molecule has 0 heterocycles. The molecule has 0 unspecified atom stereocenters. The van der Waals surface area contributed by atoms with Gasteiger partial charge in [-0.25, -0.2) is 5.43 Å². The molecule has 0 radical (unpaired) electrons. The zero-order valence-electron chi connectivity index (χ0n) is 11.3. The van der Waals surface area contributed by atoms with Gasteiger partial charge in [-0.15, -0.1) is 0 Å². The molecule has 0 aliphatic carbocycles. The Morgan fingerprint density at radius 1 is 1.10 bits per heavy atom. The number of carbonyl (C=O) groups is 1. The highest BCUT2D eigenvalue weighted by molar-refractivity contribution is 6.00. The second kappa shape index (κ2) is 6.42. The normalized spacial score (nSPS) is 11.0. The maximum atomic E-state index is 11.9. The van der Waals surface area contributed by atoms with Crippen LogP contribution in [0.3, 0.4) is 0 Å². The highest BCUT2D eigenvalue weighted by Crippen LogP contribution is 2.12. The number of nitro groups is 1. The van der Waals surface area contributed by atoms with E-state index in [-0.39, 0.29) is 11.3 Å². The Labute approximate surface area is 121 Å². The van der Waals surface area contributed by atoms with Crippen LogP contribution in [0.15, 0.2) is 59.7 Å². The number of nitrogens with zero attached hydrogens (tertiary/aromatic N) is 2. The molecule has 0 bridgehead atoms. The Hall–Kier alpha value is -3.02. The molecule has 0 fully saturated rings. The highest BCUT2D eigenvalue weighted by Gasteiger charge is 2.10. The molecule has 2 rings (SSSR count). The number of rotatable bonds is 4. The van der Waals surface area contributed by atoms with Crippen LogP contribution in [0.5, 0.6) is 0 Å². The largest absolute Gasteiger partial charge is 0.271 e. The van der Waals surface area contributed by atoms with Gasteiger partial charge in [-0.3, -0.25) is 14.9 Å². The number of nitrogens with one attached hydrogen (secondary N) is 1. The van der Waals surface area contributed by atoms with Crippen molar-refractivity contribution >= 4 is 17.3 Å². The fraction of sp³-hybridized carbons (Fsp3) is 0.0667. The van der Waals surface area contributed by atoms with Crippen LogP contribution in [-0.2, 0) is 0 Å². The summed E-state index contributed by atoms with van der Waals surface area (Å²) in [5.74, 6) is -0.492. The van der Waals surface area contributed by atoms with Crippen LogP contribution in [0.1, 0.15) is 22.8 Å². The quantitative estimate of drug-likeness (QED) is 0.532. The third-order valence-corrected chi connectivity index (χ3v) is 2.84. The van der Waals surface area contributed by atoms with Crippen molar-refractivity contribution < 1.29 is 9.72 Å². The van der Waals surface area contributed by atoms with E-state index in [1.807, 2.05) is 30.3 Å². The fourth-order valence-electron chi connectivity index (χ4n) is 1.70. The number of nitro benzene ring substituents is 1. The Bertz CT molecular complexity index is 696. The summed E-state index contributed by atoms with van der Waals surface area (Å²) >= 11 is 0. The van der Waals surface area contributed by atoms with Gasteiger partial charge in [0.1, 0.15) is 0 Å². The average molecular weight is 283 g/mol. The molecule has 0 atom stereocenters. The second-order valence-electron chi connectivity index (χ2n) is 4.31. The third kappa shape index (κ3) is 3.73. The van der Waals surface area contributed by atoms with Gasteiger partial charge in [0.25, 0.3) is 11.6 Å². The van der Waals surface area contributed by atoms with Crippen LogP contribution < -0.4 is 5.43 Å². The molecule has 106 valence electrons. The summed E-state index contributed by atoms with van der Waals surface area (Å²) in [6, 6.07) is 14.9. The van der Waals surface area contributed by atoms with Gasteiger partial charge in [0.15, 0.2) is 0 Å². The van der Waals surface area contributed by atoms with Gasteiger partial charge < -0.3 is 0 Å². The Balaban J connectivity index is 2.12. The molecule has 0 aliphatic heterocycles. The molecule has 0 aromatic heterocycles. The van der Waals surface area contributed by atoms with Crippen LogP contribution in [0.2, 0.25) is 0 Å². The monoisotopic (exact) mass is 283 g/mol. The number of amides is 1. The van der Waals surface area contributed by atoms with E-state index in [4.69, 9.17) is 0 Å². The van der Waals surface area contributed by atoms with E-state index < -0.39 is 10.8 Å². The molecule has 2 aromatic rings. The zero-order chi connectivity index (χ0) is 15.2. The minimum Gasteiger partial charge on any atom is -0.267 e. The topological polar surface area (TPSA) is 84.6 Å². The summed E-state index contributed by atoms with van der Waals surface area (Å²) in [6.45, 7) is 1.77. The lowest BCUT2D eigenvalue weighted by atomic mass is 10.1. The highest BCUT2D eigenvalue weighted by atomic mass is 16.6. The van der Waals surface area contributed by atoms with E-state index in [1.165, 1.54) is 24.3 Å². The lowest BCUT2D eigenvalue weighted by molar-refractivity contribution is -0.384. The van der Waals surface area contributed by atoms with Crippen LogP contribution in [0.25, 0.3) is 0 Å². The standard InChI is InChI=1S/C15H13N3O3/c1-11(12-6-3-2-4-7-12)16-17-15(19)13-8-5-9-14(10-13)18(20)21/h2-10H,1H3,(H,17,19)/b16-11+. The van der Waals surface area contributed by atoms with Gasteiger partial charge in [-0.05, 0) is 18.6 Å². The summed E-state index contributed by atoms with van der Waals surface area (Å²) in [6.07, 6.45) is 0. The van der Waals surface area contributed by atoms with Crippen molar-refractivity contribution in [2.45, 2.75) is 6.92 Å². The van der Waals surface area contributed by atoms with Gasteiger partial charge >= 0.3 is 0 Å². The first-order chi connectivity index (χ1) is 10.1. The molecule has 0 saturated heterocycles. The Morgan fingerprint density at radius 2 is 1.76 bits per heavy atom. The van der Waals surface area contributed by atoms with Gasteiger partial charge in [0, 0.05) is 17.7 Å². The second-order valence-corrected chi connectivity index (χ2v) is 4.31. The molecule has 1 N–H and O–H groups in total. The molecule has 6 heteroatoms. The van der Waals surface area contributed by atoms with E-state index in [0.29, 0.717) is 5.71 Å². The maximum absolute atomic E-state index is 11.9. The Morgan fingerprint density at radius 3 is 2.43 bits per heavy atom. The van der Waals surface area contributed by atoms with Crippen LogP contribution >= 0.6 is 0 Å². The molecule has 6 nitrogen and oxygen atoms in total. The van der Waals surface area contributed by atoms with Crippen molar-refractivity contribution in [3.63, 3.8) is 0 Å². The van der Waals surface area contributed by atoms with Crippen molar-refractivity contribution in [1.29, 1.82) is 0 Å². The number of hydrogen-bond donors (Lipinski definition) is 1. The average Bonchev–Trinajstić information content (AvgIpc) is 2.53. The lowest BCUT2D eigenvalue weighted by Gasteiger charge is -2.03. The molecule has 2 aromatic carbocycles. The summed E-state index contributed by atoms with van der Waals surface area (Å²) in [5.41, 5.74) is 3.98. The Kier molecular flexibility index (Phi) is 4.40. The molecular formula is C15H13N3O3. The lowest BCUT2D eigenvalue weighted by Crippen LogP contribution is -2.19. The van der Waals surface area contributed by atoms with E-state index in [1.54, 1.807) is 6.92 Å². The van der Waals surface area contributed by atoms with E-state index >= 15 is 0 Å². The van der Waals surface area contributed by atoms with Crippen LogP contribution in [0, 0.1) is 10.1 Å². The summed E-state index contributed by atoms with van der Waals surface area (Å²) in [4.78, 5) is 22.0. The van der Waals surface area contributed by atoms with Gasteiger partial charge in [-0.1, -0.05) is 36.4 Å². The zero-order valence-corrected chi connectivity index (χ0v) is 11.3. The van der Waals surface area contributed by atoms with E-state index in [9.17, 15) is 14.9 Å². The van der Waals surface area contributed by atoms with Crippen molar-refractivity contribution in [3.8, 4) is 0 Å².